The van der Waals surface area contributed by atoms with Gasteiger partial charge in [0.05, 0.1) is 0 Å². The summed E-state index contributed by atoms with van der Waals surface area (Å²) in [6, 6.07) is 0. The normalized spacial score (nSPS) is 32.6. The Kier molecular flexibility index (Phi) is 4.19. The van der Waals surface area contributed by atoms with Gasteiger partial charge in [0.1, 0.15) is 0 Å². The van der Waals surface area contributed by atoms with Gasteiger partial charge in [-0.3, -0.25) is 0 Å². The highest BCUT2D eigenvalue weighted by Crippen LogP contribution is 2.30. The summed E-state index contributed by atoms with van der Waals surface area (Å²) >= 11 is 0. The smallest absolute Gasteiger partial charge is 0.0214 e. The molecule has 3 N–H and O–H groups in total. The van der Waals surface area contributed by atoms with Crippen LogP contribution in [0.25, 0.3) is 0 Å². The molecule has 0 aromatic heterocycles. The highest BCUT2D eigenvalue weighted by molar-refractivity contribution is 4.92. The molecule has 0 aromatic carbocycles. The minimum absolute atomic E-state index is 0.318. The Morgan fingerprint density at radius 1 is 1.19 bits per heavy atom. The lowest BCUT2D eigenvalue weighted by Gasteiger charge is -2.31. The first-order valence-electron chi connectivity index (χ1n) is 6.70. The Bertz CT molecular complexity index is 215. The Labute approximate surface area is 99.1 Å². The van der Waals surface area contributed by atoms with Crippen molar-refractivity contribution in [2.45, 2.75) is 26.2 Å². The lowest BCUT2D eigenvalue weighted by molar-refractivity contribution is 0.0104. The number of nitrogens with one attached hydrogen (secondary N) is 1. The van der Waals surface area contributed by atoms with Gasteiger partial charge in [-0.2, -0.15) is 0 Å². The van der Waals surface area contributed by atoms with Crippen molar-refractivity contribution in [1.82, 2.24) is 15.3 Å². The van der Waals surface area contributed by atoms with Gasteiger partial charge in [0.25, 0.3) is 0 Å². The number of nitrogens with zero attached hydrogens (tertiary/aromatic N) is 2. The van der Waals surface area contributed by atoms with Crippen LogP contribution in [0.4, 0.5) is 0 Å². The molecule has 0 aromatic rings. The SMILES string of the molecule is CCNCC1(CN)CCN(N2CCCC2)C1. The fourth-order valence-electron chi connectivity index (χ4n) is 2.91. The number of hydrogen-bond donors (Lipinski definition) is 2. The van der Waals surface area contributed by atoms with Crippen LogP contribution in [0.15, 0.2) is 0 Å². The molecule has 1 atom stereocenters. The molecule has 0 bridgehead atoms. The van der Waals surface area contributed by atoms with Gasteiger partial charge < -0.3 is 11.1 Å². The van der Waals surface area contributed by atoms with Gasteiger partial charge in [-0.15, -0.1) is 0 Å². The summed E-state index contributed by atoms with van der Waals surface area (Å²) in [6.07, 6.45) is 3.96. The molecule has 2 fully saturated rings. The standard InChI is InChI=1S/C12H26N4/c1-2-14-10-12(9-13)5-8-16(11-12)15-6-3-4-7-15/h14H,2-11,13H2,1H3. The predicted octanol–water partition coefficient (Wildman–Crippen LogP) is 0.258. The van der Waals surface area contributed by atoms with Crippen LogP contribution in [0.5, 0.6) is 0 Å². The van der Waals surface area contributed by atoms with E-state index in [0.717, 1.165) is 26.2 Å². The molecule has 2 rings (SSSR count). The van der Waals surface area contributed by atoms with Crippen molar-refractivity contribution >= 4 is 0 Å². The fourth-order valence-corrected chi connectivity index (χ4v) is 2.91. The molecule has 2 aliphatic rings. The molecule has 2 saturated heterocycles. The Hall–Kier alpha value is -0.160. The molecule has 4 nitrogen and oxygen atoms in total. The van der Waals surface area contributed by atoms with E-state index in [9.17, 15) is 0 Å². The lowest BCUT2D eigenvalue weighted by Crippen LogP contribution is -2.46. The summed E-state index contributed by atoms with van der Waals surface area (Å²) < 4.78 is 0. The quantitative estimate of drug-likeness (QED) is 0.706. The lowest BCUT2D eigenvalue weighted by atomic mass is 9.87. The van der Waals surface area contributed by atoms with Crippen molar-refractivity contribution in [3.8, 4) is 0 Å². The minimum Gasteiger partial charge on any atom is -0.330 e. The molecule has 4 heteroatoms. The summed E-state index contributed by atoms with van der Waals surface area (Å²) in [5.74, 6) is 0. The average molecular weight is 226 g/mol. The van der Waals surface area contributed by atoms with Gasteiger partial charge in [0.2, 0.25) is 0 Å². The molecular weight excluding hydrogens is 200 g/mol. The summed E-state index contributed by atoms with van der Waals surface area (Å²) in [5, 5.41) is 8.54. The van der Waals surface area contributed by atoms with Crippen LogP contribution in [0, 0.1) is 5.41 Å². The third-order valence-electron chi connectivity index (χ3n) is 4.08. The maximum absolute atomic E-state index is 5.99. The first-order chi connectivity index (χ1) is 7.79. The van der Waals surface area contributed by atoms with Crippen LogP contribution in [0.1, 0.15) is 26.2 Å². The highest BCUT2D eigenvalue weighted by atomic mass is 15.6. The zero-order valence-corrected chi connectivity index (χ0v) is 10.5. The molecule has 0 amide bonds. The monoisotopic (exact) mass is 226 g/mol. The summed E-state index contributed by atoms with van der Waals surface area (Å²) in [4.78, 5) is 0. The molecule has 0 saturated carbocycles. The van der Waals surface area contributed by atoms with E-state index in [1.807, 2.05) is 0 Å². The molecular formula is C12H26N4. The van der Waals surface area contributed by atoms with Gasteiger partial charge in [-0.1, -0.05) is 6.92 Å². The van der Waals surface area contributed by atoms with E-state index in [1.54, 1.807) is 0 Å². The molecule has 2 heterocycles. The van der Waals surface area contributed by atoms with E-state index in [4.69, 9.17) is 5.73 Å². The van der Waals surface area contributed by atoms with Crippen molar-refractivity contribution in [1.29, 1.82) is 0 Å². The second-order valence-corrected chi connectivity index (χ2v) is 5.28. The topological polar surface area (TPSA) is 44.5 Å². The van der Waals surface area contributed by atoms with Gasteiger partial charge in [-0.05, 0) is 25.8 Å². The molecule has 0 aliphatic carbocycles. The van der Waals surface area contributed by atoms with Crippen LogP contribution in [-0.2, 0) is 0 Å². The Balaban J connectivity index is 1.88. The van der Waals surface area contributed by atoms with Crippen LogP contribution in [0.3, 0.4) is 0 Å². The molecule has 94 valence electrons. The van der Waals surface area contributed by atoms with Gasteiger partial charge in [-0.25, -0.2) is 10.0 Å². The first-order valence-corrected chi connectivity index (χ1v) is 6.70. The number of nitrogens with two attached hydrogens (primary N) is 1. The first kappa shape index (κ1) is 12.3. The van der Waals surface area contributed by atoms with Crippen LogP contribution >= 0.6 is 0 Å². The van der Waals surface area contributed by atoms with Crippen molar-refractivity contribution in [3.63, 3.8) is 0 Å². The van der Waals surface area contributed by atoms with E-state index in [1.165, 1.54) is 38.9 Å². The maximum Gasteiger partial charge on any atom is 0.0214 e. The van der Waals surface area contributed by atoms with E-state index < -0.39 is 0 Å². The van der Waals surface area contributed by atoms with Crippen LogP contribution in [-0.4, -0.2) is 55.8 Å². The van der Waals surface area contributed by atoms with Crippen molar-refractivity contribution in [3.05, 3.63) is 0 Å². The van der Waals surface area contributed by atoms with Crippen molar-refractivity contribution in [2.24, 2.45) is 11.1 Å². The highest BCUT2D eigenvalue weighted by Gasteiger charge is 2.39. The minimum atomic E-state index is 0.318. The summed E-state index contributed by atoms with van der Waals surface area (Å²) in [7, 11) is 0. The second-order valence-electron chi connectivity index (χ2n) is 5.28. The number of hydrogen-bond acceptors (Lipinski definition) is 4. The average Bonchev–Trinajstić information content (AvgIpc) is 2.96. The largest absolute Gasteiger partial charge is 0.330 e. The number of hydrazine groups is 1. The zero-order valence-electron chi connectivity index (χ0n) is 10.5. The number of rotatable bonds is 5. The van der Waals surface area contributed by atoms with Gasteiger partial charge >= 0.3 is 0 Å². The third-order valence-corrected chi connectivity index (χ3v) is 4.08. The molecule has 1 unspecified atom stereocenters. The van der Waals surface area contributed by atoms with Crippen LogP contribution < -0.4 is 11.1 Å². The van der Waals surface area contributed by atoms with Crippen molar-refractivity contribution in [2.75, 3.05) is 45.8 Å². The maximum atomic E-state index is 5.99. The Morgan fingerprint density at radius 2 is 1.94 bits per heavy atom. The van der Waals surface area contributed by atoms with Crippen molar-refractivity contribution < 1.29 is 0 Å². The Morgan fingerprint density at radius 3 is 2.56 bits per heavy atom. The van der Waals surface area contributed by atoms with E-state index in [-0.39, 0.29) is 0 Å². The van der Waals surface area contributed by atoms with E-state index >= 15 is 0 Å². The molecule has 2 aliphatic heterocycles. The van der Waals surface area contributed by atoms with Crippen LogP contribution in [0.2, 0.25) is 0 Å². The fraction of sp³-hybridized carbons (Fsp3) is 1.00. The zero-order chi connectivity index (χ0) is 11.4. The van der Waals surface area contributed by atoms with Gasteiger partial charge in [0, 0.05) is 44.7 Å². The second kappa shape index (κ2) is 5.45. The summed E-state index contributed by atoms with van der Waals surface area (Å²) in [5.41, 5.74) is 6.30. The van der Waals surface area contributed by atoms with E-state index in [2.05, 4.69) is 22.3 Å². The molecule has 0 spiro atoms. The summed E-state index contributed by atoms with van der Waals surface area (Å²) in [6.45, 7) is 9.94. The molecule has 0 radical (unpaired) electrons. The van der Waals surface area contributed by atoms with Gasteiger partial charge in [0.15, 0.2) is 0 Å². The third kappa shape index (κ3) is 2.56. The predicted molar refractivity (Wildman–Crippen MR) is 67.0 cm³/mol. The van der Waals surface area contributed by atoms with E-state index in [0.29, 0.717) is 5.41 Å². The molecule has 16 heavy (non-hydrogen) atoms.